The number of nitrogens with zero attached hydrogens (tertiary/aromatic N) is 4. The number of hydrogen-bond acceptors (Lipinski definition) is 6. The number of ether oxygens (including phenoxy) is 2. The summed E-state index contributed by atoms with van der Waals surface area (Å²) in [7, 11) is 3.52. The smallest absolute Gasteiger partial charge is 0.410 e. The van der Waals surface area contributed by atoms with Crippen molar-refractivity contribution in [3.05, 3.63) is 82.8 Å². The van der Waals surface area contributed by atoms with Crippen molar-refractivity contribution in [2.75, 3.05) is 20.2 Å². The summed E-state index contributed by atoms with van der Waals surface area (Å²) in [4.78, 5) is 27.5. The zero-order valence-corrected chi connectivity index (χ0v) is 30.4. The molecule has 5 rings (SSSR count). The van der Waals surface area contributed by atoms with Crippen LogP contribution in [0.3, 0.4) is 0 Å². The van der Waals surface area contributed by atoms with Gasteiger partial charge in [-0.2, -0.15) is 5.10 Å². The summed E-state index contributed by atoms with van der Waals surface area (Å²) in [6, 6.07) is 18.1. The number of aliphatic hydroxyl groups excluding tert-OH is 1. The number of carboxylic acids is 1. The van der Waals surface area contributed by atoms with Crippen LogP contribution in [0.25, 0.3) is 32.8 Å². The molecule has 1 amide bonds. The predicted octanol–water partition coefficient (Wildman–Crippen LogP) is 7.92. The van der Waals surface area contributed by atoms with Crippen molar-refractivity contribution in [2.24, 2.45) is 7.05 Å². The first-order chi connectivity index (χ1) is 23.9. The first-order valence-corrected chi connectivity index (χ1v) is 17.4. The largest absolute Gasteiger partial charge is 0.493 e. The first kappa shape index (κ1) is 36.5. The molecule has 2 aromatic heterocycles. The number of aromatic carboxylic acids is 1. The topological polar surface area (TPSA) is 119 Å². The van der Waals surface area contributed by atoms with Crippen molar-refractivity contribution < 1.29 is 29.3 Å². The molecule has 266 valence electrons. The van der Waals surface area contributed by atoms with Crippen LogP contribution >= 0.6 is 0 Å². The number of fused-ring (bicyclic) bond motifs is 2. The Balaban J connectivity index is 1.57. The van der Waals surface area contributed by atoms with Crippen LogP contribution in [0.2, 0.25) is 0 Å². The van der Waals surface area contributed by atoms with E-state index in [0.29, 0.717) is 51.1 Å². The Morgan fingerprint density at radius 2 is 1.70 bits per heavy atom. The summed E-state index contributed by atoms with van der Waals surface area (Å²) in [5, 5.41) is 29.1. The fourth-order valence-corrected chi connectivity index (χ4v) is 6.81. The Bertz CT molecular complexity index is 2000. The van der Waals surface area contributed by atoms with Crippen molar-refractivity contribution in [1.29, 1.82) is 0 Å². The second-order valence-electron chi connectivity index (χ2n) is 13.9. The van der Waals surface area contributed by atoms with Crippen LogP contribution in [0.5, 0.6) is 5.75 Å². The van der Waals surface area contributed by atoms with Gasteiger partial charge in [-0.05, 0) is 76.0 Å². The van der Waals surface area contributed by atoms with Crippen LogP contribution in [-0.4, -0.2) is 67.3 Å². The summed E-state index contributed by atoms with van der Waals surface area (Å²) in [6.45, 7) is 10.5. The van der Waals surface area contributed by atoms with Crippen LogP contribution < -0.4 is 4.74 Å². The van der Waals surface area contributed by atoms with E-state index in [0.717, 1.165) is 61.8 Å². The molecule has 0 aliphatic heterocycles. The number of hydrogen-bond donors (Lipinski definition) is 2. The minimum atomic E-state index is -1.02. The third kappa shape index (κ3) is 7.65. The highest BCUT2D eigenvalue weighted by Gasteiger charge is 2.29. The predicted molar refractivity (Wildman–Crippen MR) is 197 cm³/mol. The molecule has 0 aliphatic carbocycles. The van der Waals surface area contributed by atoms with Gasteiger partial charge in [-0.1, -0.05) is 61.9 Å². The maximum Gasteiger partial charge on any atom is 0.410 e. The Kier molecular flexibility index (Phi) is 11.2. The van der Waals surface area contributed by atoms with Gasteiger partial charge in [-0.25, -0.2) is 9.59 Å². The molecular weight excluding hydrogens is 632 g/mol. The highest BCUT2D eigenvalue weighted by molar-refractivity contribution is 6.05. The molecule has 5 aromatic rings. The number of aromatic nitrogens is 3. The number of benzene rings is 3. The molecule has 50 heavy (non-hydrogen) atoms. The number of carbonyl (C=O) groups is 2. The van der Waals surface area contributed by atoms with E-state index in [2.05, 4.69) is 19.1 Å². The minimum Gasteiger partial charge on any atom is -0.493 e. The van der Waals surface area contributed by atoms with Crippen LogP contribution in [0.15, 0.2) is 54.6 Å². The normalized spacial score (nSPS) is 11.8. The van der Waals surface area contributed by atoms with E-state index in [1.165, 1.54) is 4.90 Å². The molecule has 3 aromatic carbocycles. The van der Waals surface area contributed by atoms with E-state index in [1.807, 2.05) is 81.8 Å². The van der Waals surface area contributed by atoms with Gasteiger partial charge in [0, 0.05) is 49.1 Å². The monoisotopic (exact) mass is 682 g/mol. The second kappa shape index (κ2) is 15.4. The fourth-order valence-electron chi connectivity index (χ4n) is 6.81. The van der Waals surface area contributed by atoms with Crippen LogP contribution in [-0.2, 0) is 37.8 Å². The molecule has 0 saturated carbocycles. The molecule has 0 atom stereocenters. The Hall–Kier alpha value is -4.83. The first-order valence-electron chi connectivity index (χ1n) is 17.4. The van der Waals surface area contributed by atoms with E-state index in [9.17, 15) is 19.8 Å². The maximum absolute atomic E-state index is 13.2. The lowest BCUT2D eigenvalue weighted by molar-refractivity contribution is 0.0294. The molecule has 10 nitrogen and oxygen atoms in total. The molecular formula is C40H50N4O6. The molecule has 0 bridgehead atoms. The molecule has 0 fully saturated rings. The molecule has 0 radical (unpaired) electrons. The SMILES string of the molecule is CCCc1nn(C)c(CO)c1-c1c(C)ccc2c(CCCOc3cccc4ccccc34)c(C(=O)O)n(CCCN(C)C(=O)OC(C)(C)C)c12. The molecule has 0 saturated heterocycles. The van der Waals surface area contributed by atoms with Gasteiger partial charge in [0.1, 0.15) is 17.0 Å². The van der Waals surface area contributed by atoms with E-state index in [4.69, 9.17) is 14.6 Å². The van der Waals surface area contributed by atoms with Crippen LogP contribution in [0, 0.1) is 6.92 Å². The summed E-state index contributed by atoms with van der Waals surface area (Å²) >= 11 is 0. The third-order valence-corrected chi connectivity index (χ3v) is 9.02. The Morgan fingerprint density at radius 1 is 0.960 bits per heavy atom. The van der Waals surface area contributed by atoms with Gasteiger partial charge in [0.2, 0.25) is 0 Å². The number of carboxylic acid groups (broad SMARTS) is 1. The number of carbonyl (C=O) groups excluding carboxylic acids is 1. The van der Waals surface area contributed by atoms with E-state index < -0.39 is 17.7 Å². The second-order valence-corrected chi connectivity index (χ2v) is 13.9. The highest BCUT2D eigenvalue weighted by atomic mass is 16.6. The summed E-state index contributed by atoms with van der Waals surface area (Å²) in [5.41, 5.74) is 5.39. The summed E-state index contributed by atoms with van der Waals surface area (Å²) < 4.78 is 15.4. The maximum atomic E-state index is 13.2. The highest BCUT2D eigenvalue weighted by Crippen LogP contribution is 2.41. The lowest BCUT2D eigenvalue weighted by Crippen LogP contribution is -2.35. The summed E-state index contributed by atoms with van der Waals surface area (Å²) in [5.74, 6) is -0.217. The summed E-state index contributed by atoms with van der Waals surface area (Å²) in [6.07, 6.45) is 2.73. The quantitative estimate of drug-likeness (QED) is 0.114. The average Bonchev–Trinajstić information content (AvgIpc) is 3.55. The Labute approximate surface area is 294 Å². The van der Waals surface area contributed by atoms with Crippen molar-refractivity contribution >= 4 is 33.7 Å². The van der Waals surface area contributed by atoms with Crippen LogP contribution in [0.1, 0.15) is 80.0 Å². The van der Waals surface area contributed by atoms with Gasteiger partial charge in [-0.3, -0.25) is 4.68 Å². The lowest BCUT2D eigenvalue weighted by Gasteiger charge is -2.24. The lowest BCUT2D eigenvalue weighted by atomic mass is 9.93. The van der Waals surface area contributed by atoms with E-state index in [1.54, 1.807) is 11.7 Å². The number of aliphatic hydroxyl groups is 1. The standard InChI is InChI=1S/C40H50N4O6/c1-8-14-31-35(32(25-45)43(7)41-31)34-26(2)20-21-30-29(18-12-24-49-33-19-11-16-27-15-9-10-17-28(27)33)37(38(46)47)44(36(30)34)23-13-22-42(6)39(48)50-40(3,4)5/h9-11,15-17,19-21,45H,8,12-14,18,22-25H2,1-7H3,(H,46,47). The average molecular weight is 683 g/mol. The van der Waals surface area contributed by atoms with E-state index in [-0.39, 0.29) is 12.3 Å². The molecule has 0 aliphatic rings. The van der Waals surface area contributed by atoms with E-state index >= 15 is 0 Å². The van der Waals surface area contributed by atoms with Crippen molar-refractivity contribution in [2.45, 2.75) is 85.5 Å². The molecule has 2 heterocycles. The van der Waals surface area contributed by atoms with Gasteiger partial charge in [0.15, 0.2) is 0 Å². The molecule has 0 spiro atoms. The van der Waals surface area contributed by atoms with Gasteiger partial charge < -0.3 is 29.2 Å². The van der Waals surface area contributed by atoms with Crippen molar-refractivity contribution in [3.8, 4) is 16.9 Å². The zero-order chi connectivity index (χ0) is 36.2. The molecule has 10 heteroatoms. The molecule has 0 unspecified atom stereocenters. The number of amides is 1. The van der Waals surface area contributed by atoms with Gasteiger partial charge in [-0.15, -0.1) is 0 Å². The van der Waals surface area contributed by atoms with Gasteiger partial charge >= 0.3 is 12.1 Å². The fraction of sp³-hybridized carbons (Fsp3) is 0.425. The third-order valence-electron chi connectivity index (χ3n) is 9.02. The van der Waals surface area contributed by atoms with Gasteiger partial charge in [0.05, 0.1) is 30.1 Å². The Morgan fingerprint density at radius 3 is 2.40 bits per heavy atom. The minimum absolute atomic E-state index is 0.204. The molecule has 2 N–H and O–H groups in total. The van der Waals surface area contributed by atoms with Gasteiger partial charge in [0.25, 0.3) is 0 Å². The number of aryl methyl sites for hydroxylation is 5. The van der Waals surface area contributed by atoms with Crippen molar-refractivity contribution in [1.82, 2.24) is 19.2 Å². The zero-order valence-electron chi connectivity index (χ0n) is 30.4. The van der Waals surface area contributed by atoms with Crippen LogP contribution in [0.4, 0.5) is 4.79 Å². The number of rotatable bonds is 14. The van der Waals surface area contributed by atoms with Crippen molar-refractivity contribution in [3.63, 3.8) is 0 Å².